The van der Waals surface area contributed by atoms with E-state index in [1.165, 1.54) is 6.07 Å². The fourth-order valence-corrected chi connectivity index (χ4v) is 3.63. The van der Waals surface area contributed by atoms with Gasteiger partial charge in [-0.25, -0.2) is 5.10 Å². The number of ether oxygens (including phenoxy) is 1. The molecule has 0 atom stereocenters. The lowest BCUT2D eigenvalue weighted by Crippen LogP contribution is -2.13. The van der Waals surface area contributed by atoms with Crippen LogP contribution in [0.1, 0.15) is 5.56 Å². The molecule has 9 heteroatoms. The van der Waals surface area contributed by atoms with E-state index in [1.54, 1.807) is 31.2 Å². The van der Waals surface area contributed by atoms with Crippen LogP contribution in [0.4, 0.5) is 0 Å². The Bertz CT molecular complexity index is 1200. The standard InChI is InChI=1S/C15H9N3O5S/c1-7-5-9-13-12-8(15(19)17-16-13)3-2-4-10(12)23-14(9)11(6-7)24(21,22)18-20/h2-6H,1H3,(H,17,19). The summed E-state index contributed by atoms with van der Waals surface area (Å²) in [7, 11) is -4.40. The van der Waals surface area contributed by atoms with E-state index in [0.717, 1.165) is 0 Å². The van der Waals surface area contributed by atoms with Crippen LogP contribution in [0.5, 0.6) is 11.5 Å². The number of rotatable bonds is 2. The van der Waals surface area contributed by atoms with Gasteiger partial charge in [0.25, 0.3) is 5.56 Å². The van der Waals surface area contributed by atoms with Gasteiger partial charge < -0.3 is 4.74 Å². The average molecular weight is 343 g/mol. The van der Waals surface area contributed by atoms with Gasteiger partial charge in [0.1, 0.15) is 16.3 Å². The maximum atomic E-state index is 12.0. The van der Waals surface area contributed by atoms with E-state index in [4.69, 9.17) is 4.74 Å². The zero-order valence-electron chi connectivity index (χ0n) is 12.2. The number of nitroso groups, excluding NO2 is 1. The van der Waals surface area contributed by atoms with Crippen LogP contribution in [-0.2, 0) is 10.0 Å². The van der Waals surface area contributed by atoms with Gasteiger partial charge >= 0.3 is 10.0 Å². The number of fused-ring (bicyclic) bond motifs is 2. The van der Waals surface area contributed by atoms with Crippen molar-refractivity contribution in [2.45, 2.75) is 11.8 Å². The molecule has 3 aromatic rings. The van der Waals surface area contributed by atoms with Gasteiger partial charge in [-0.15, -0.1) is 4.91 Å². The summed E-state index contributed by atoms with van der Waals surface area (Å²) in [6.07, 6.45) is 0. The lowest BCUT2D eigenvalue weighted by molar-refractivity contribution is 0.470. The molecular weight excluding hydrogens is 334 g/mol. The van der Waals surface area contributed by atoms with Gasteiger partial charge in [-0.3, -0.25) is 4.79 Å². The van der Waals surface area contributed by atoms with E-state index >= 15 is 0 Å². The number of H-pyrrole nitrogens is 1. The minimum atomic E-state index is -4.40. The number of benzene rings is 2. The normalized spacial score (nSPS) is 12.5. The first kappa shape index (κ1) is 14.5. The van der Waals surface area contributed by atoms with Crippen molar-refractivity contribution in [3.05, 3.63) is 51.2 Å². The van der Waals surface area contributed by atoms with Crippen molar-refractivity contribution < 1.29 is 13.2 Å². The molecule has 0 amide bonds. The second kappa shape index (κ2) is 4.71. The third-order valence-corrected chi connectivity index (χ3v) is 4.87. The van der Waals surface area contributed by atoms with Crippen LogP contribution in [0.2, 0.25) is 0 Å². The molecule has 24 heavy (non-hydrogen) atoms. The average Bonchev–Trinajstić information content (AvgIpc) is 2.57. The monoisotopic (exact) mass is 343 g/mol. The van der Waals surface area contributed by atoms with Crippen molar-refractivity contribution in [1.29, 1.82) is 0 Å². The molecule has 0 radical (unpaired) electrons. The van der Waals surface area contributed by atoms with Crippen molar-refractivity contribution in [3.63, 3.8) is 0 Å². The summed E-state index contributed by atoms with van der Waals surface area (Å²) in [5, 5.41) is 7.30. The second-order valence-corrected chi connectivity index (χ2v) is 6.91. The van der Waals surface area contributed by atoms with Gasteiger partial charge in [-0.05, 0) is 36.8 Å². The summed E-state index contributed by atoms with van der Waals surface area (Å²) in [5.41, 5.74) is 0.961. The largest absolute Gasteiger partial charge is 0.454 e. The van der Waals surface area contributed by atoms with Gasteiger partial charge in [0.2, 0.25) is 0 Å². The summed E-state index contributed by atoms with van der Waals surface area (Å²) < 4.78 is 31.9. The number of aromatic nitrogens is 2. The highest BCUT2D eigenvalue weighted by Crippen LogP contribution is 2.47. The van der Waals surface area contributed by atoms with Crippen LogP contribution in [0.15, 0.2) is 44.6 Å². The van der Waals surface area contributed by atoms with Crippen LogP contribution in [0.3, 0.4) is 0 Å². The maximum Gasteiger partial charge on any atom is 0.320 e. The Kier molecular flexibility index (Phi) is 2.85. The van der Waals surface area contributed by atoms with Crippen LogP contribution >= 0.6 is 0 Å². The number of sulfonamides is 1. The SMILES string of the molecule is Cc1cc2c(c(S(=O)(=O)N=O)c1)Oc1cccc3c(=O)[nH]nc-2c13. The second-order valence-electron chi connectivity index (χ2n) is 5.37. The van der Waals surface area contributed by atoms with Crippen molar-refractivity contribution in [3.8, 4) is 22.8 Å². The van der Waals surface area contributed by atoms with Gasteiger partial charge in [-0.2, -0.15) is 13.5 Å². The minimum Gasteiger partial charge on any atom is -0.454 e. The van der Waals surface area contributed by atoms with Crippen LogP contribution in [-0.4, -0.2) is 18.6 Å². The predicted octanol–water partition coefficient (Wildman–Crippen LogP) is 2.46. The summed E-state index contributed by atoms with van der Waals surface area (Å²) in [5.74, 6) is 0.263. The Morgan fingerprint density at radius 3 is 2.79 bits per heavy atom. The quantitative estimate of drug-likeness (QED) is 0.558. The van der Waals surface area contributed by atoms with E-state index < -0.39 is 10.0 Å². The highest BCUT2D eigenvalue weighted by atomic mass is 32.2. The first-order chi connectivity index (χ1) is 11.4. The molecule has 1 N–H and O–H groups in total. The molecule has 2 aromatic carbocycles. The van der Waals surface area contributed by atoms with Gasteiger partial charge in [-0.1, -0.05) is 6.07 Å². The Morgan fingerprint density at radius 1 is 1.25 bits per heavy atom. The molecule has 0 saturated heterocycles. The van der Waals surface area contributed by atoms with Gasteiger partial charge in [0, 0.05) is 5.56 Å². The fraction of sp³-hybridized carbons (Fsp3) is 0.0667. The molecule has 1 aromatic heterocycles. The number of nitrogens with zero attached hydrogens (tertiary/aromatic N) is 2. The molecule has 1 aliphatic rings. The van der Waals surface area contributed by atoms with E-state index in [1.807, 2.05) is 0 Å². The minimum absolute atomic E-state index is 0.0280. The highest BCUT2D eigenvalue weighted by Gasteiger charge is 2.30. The zero-order valence-corrected chi connectivity index (χ0v) is 13.0. The number of hydrogen-bond acceptors (Lipinski definition) is 6. The molecule has 0 aliphatic carbocycles. The van der Waals surface area contributed by atoms with E-state index in [-0.39, 0.29) is 16.2 Å². The molecular formula is C15H9N3O5S. The summed E-state index contributed by atoms with van der Waals surface area (Å²) >= 11 is 0. The number of aromatic amines is 1. The van der Waals surface area contributed by atoms with Crippen molar-refractivity contribution in [2.24, 2.45) is 4.58 Å². The first-order valence-electron chi connectivity index (χ1n) is 6.86. The van der Waals surface area contributed by atoms with Crippen molar-refractivity contribution in [2.75, 3.05) is 0 Å². The molecule has 2 heterocycles. The molecule has 0 unspecified atom stereocenters. The molecule has 0 bridgehead atoms. The van der Waals surface area contributed by atoms with E-state index in [0.29, 0.717) is 33.3 Å². The Hall–Kier alpha value is -3.07. The van der Waals surface area contributed by atoms with Crippen LogP contribution < -0.4 is 10.3 Å². The smallest absolute Gasteiger partial charge is 0.320 e. The Morgan fingerprint density at radius 2 is 2.04 bits per heavy atom. The third kappa shape index (κ3) is 1.88. The molecule has 8 nitrogen and oxygen atoms in total. The van der Waals surface area contributed by atoms with Crippen molar-refractivity contribution in [1.82, 2.24) is 10.2 Å². The molecule has 120 valence electrons. The number of nitrogens with one attached hydrogen (secondary N) is 1. The molecule has 1 aliphatic heterocycles. The molecule has 0 fully saturated rings. The van der Waals surface area contributed by atoms with Gasteiger partial charge in [0.05, 0.1) is 15.4 Å². The van der Waals surface area contributed by atoms with Crippen LogP contribution in [0, 0.1) is 11.8 Å². The predicted molar refractivity (Wildman–Crippen MR) is 85.6 cm³/mol. The number of aryl methyl sites for hydroxylation is 1. The maximum absolute atomic E-state index is 12.0. The van der Waals surface area contributed by atoms with Gasteiger partial charge in [0.15, 0.2) is 5.75 Å². The summed E-state index contributed by atoms with van der Waals surface area (Å²) in [4.78, 5) is 22.4. The zero-order chi connectivity index (χ0) is 17.1. The van der Waals surface area contributed by atoms with E-state index in [2.05, 4.69) is 14.8 Å². The third-order valence-electron chi connectivity index (χ3n) is 3.82. The lowest BCUT2D eigenvalue weighted by Gasteiger charge is -2.21. The molecule has 0 saturated carbocycles. The Labute approximate surface area is 135 Å². The first-order valence-corrected chi connectivity index (χ1v) is 8.30. The summed E-state index contributed by atoms with van der Waals surface area (Å²) in [6, 6.07) is 7.82. The number of hydrogen-bond donors (Lipinski definition) is 1. The lowest BCUT2D eigenvalue weighted by atomic mass is 9.99. The summed E-state index contributed by atoms with van der Waals surface area (Å²) in [6.45, 7) is 1.67. The van der Waals surface area contributed by atoms with E-state index in [9.17, 15) is 18.1 Å². The van der Waals surface area contributed by atoms with Crippen molar-refractivity contribution >= 4 is 20.8 Å². The van der Waals surface area contributed by atoms with Crippen LogP contribution in [0.25, 0.3) is 22.0 Å². The molecule has 0 spiro atoms. The highest BCUT2D eigenvalue weighted by molar-refractivity contribution is 7.90. The topological polar surface area (TPSA) is 119 Å². The Balaban J connectivity index is 2.19. The fourth-order valence-electron chi connectivity index (χ4n) is 2.83. The molecule has 4 rings (SSSR count).